The van der Waals surface area contributed by atoms with Gasteiger partial charge in [-0.2, -0.15) is 4.31 Å². The first kappa shape index (κ1) is 17.6. The zero-order valence-electron chi connectivity index (χ0n) is 14.2. The van der Waals surface area contributed by atoms with Crippen LogP contribution in [0.3, 0.4) is 0 Å². The van der Waals surface area contributed by atoms with E-state index in [-0.39, 0.29) is 18.2 Å². The van der Waals surface area contributed by atoms with Crippen molar-refractivity contribution < 1.29 is 13.2 Å². The first-order chi connectivity index (χ1) is 12.0. The lowest BCUT2D eigenvalue weighted by molar-refractivity contribution is 0.0956. The second kappa shape index (κ2) is 7.37. The van der Waals surface area contributed by atoms with E-state index in [1.807, 2.05) is 43.3 Å². The molecule has 0 aliphatic carbocycles. The molecule has 0 fully saturated rings. The molecule has 132 valence electrons. The Balaban J connectivity index is 1.57. The number of carbonyl (C=O) groups excluding carboxylic acids is 1. The number of amides is 1. The number of rotatable bonds is 5. The van der Waals surface area contributed by atoms with Crippen LogP contribution in [0.15, 0.2) is 48.5 Å². The summed E-state index contributed by atoms with van der Waals surface area (Å²) in [5, 5.41) is 2.70. The Bertz CT molecular complexity index is 878. The van der Waals surface area contributed by atoms with Crippen LogP contribution in [-0.2, 0) is 23.0 Å². The number of hydrogen-bond acceptors (Lipinski definition) is 3. The minimum absolute atomic E-state index is 0.0906. The number of fused-ring (bicyclic) bond motifs is 1. The number of nitrogens with zero attached hydrogens (tertiary/aromatic N) is 1. The average Bonchev–Trinajstić information content (AvgIpc) is 2.61. The van der Waals surface area contributed by atoms with Crippen molar-refractivity contribution in [1.82, 2.24) is 9.62 Å². The Morgan fingerprint density at radius 1 is 1.12 bits per heavy atom. The van der Waals surface area contributed by atoms with E-state index in [1.165, 1.54) is 9.87 Å². The first-order valence-electron chi connectivity index (χ1n) is 8.35. The van der Waals surface area contributed by atoms with E-state index in [4.69, 9.17) is 0 Å². The average molecular weight is 358 g/mol. The van der Waals surface area contributed by atoms with Gasteiger partial charge >= 0.3 is 0 Å². The van der Waals surface area contributed by atoms with Gasteiger partial charge in [0.2, 0.25) is 10.0 Å². The smallest absolute Gasteiger partial charge is 0.251 e. The zero-order chi connectivity index (χ0) is 17.9. The van der Waals surface area contributed by atoms with Crippen molar-refractivity contribution in [2.45, 2.75) is 19.9 Å². The largest absolute Gasteiger partial charge is 0.351 e. The molecule has 1 aliphatic rings. The molecule has 25 heavy (non-hydrogen) atoms. The number of nitrogens with one attached hydrogen (secondary N) is 1. The van der Waals surface area contributed by atoms with Crippen LogP contribution in [0.1, 0.15) is 27.0 Å². The van der Waals surface area contributed by atoms with Gasteiger partial charge in [0.15, 0.2) is 0 Å². The minimum Gasteiger partial charge on any atom is -0.351 e. The van der Waals surface area contributed by atoms with E-state index >= 15 is 0 Å². The van der Waals surface area contributed by atoms with E-state index in [2.05, 4.69) is 5.32 Å². The number of sulfonamides is 1. The normalized spacial score (nSPS) is 14.8. The second-order valence-corrected chi connectivity index (χ2v) is 8.38. The third-order valence-electron chi connectivity index (χ3n) is 4.41. The molecule has 5 nitrogen and oxygen atoms in total. The van der Waals surface area contributed by atoms with Crippen LogP contribution >= 0.6 is 0 Å². The van der Waals surface area contributed by atoms with Crippen LogP contribution in [0.4, 0.5) is 0 Å². The Labute approximate surface area is 148 Å². The summed E-state index contributed by atoms with van der Waals surface area (Å²) in [6.07, 6.45) is 0.727. The summed E-state index contributed by atoms with van der Waals surface area (Å²) in [5.74, 6) is -0.338. The Kier molecular flexibility index (Phi) is 5.20. The number of hydrogen-bond donors (Lipinski definition) is 1. The second-order valence-electron chi connectivity index (χ2n) is 6.29. The predicted octanol–water partition coefficient (Wildman–Crippen LogP) is 2.11. The zero-order valence-corrected chi connectivity index (χ0v) is 15.1. The summed E-state index contributed by atoms with van der Waals surface area (Å²) in [5.41, 5.74) is 3.80. The molecule has 1 aliphatic heterocycles. The van der Waals surface area contributed by atoms with Gasteiger partial charge in [-0.25, -0.2) is 8.42 Å². The summed E-state index contributed by atoms with van der Waals surface area (Å²) in [6, 6.07) is 15.1. The lowest BCUT2D eigenvalue weighted by atomic mass is 10.0. The summed E-state index contributed by atoms with van der Waals surface area (Å²) < 4.78 is 26.6. The summed E-state index contributed by atoms with van der Waals surface area (Å²) in [7, 11) is -3.39. The molecule has 6 heteroatoms. The highest BCUT2D eigenvalue weighted by atomic mass is 32.2. The van der Waals surface area contributed by atoms with Crippen LogP contribution in [0.5, 0.6) is 0 Å². The molecule has 1 amide bonds. The van der Waals surface area contributed by atoms with Crippen LogP contribution < -0.4 is 5.32 Å². The van der Waals surface area contributed by atoms with Crippen molar-refractivity contribution in [2.75, 3.05) is 18.8 Å². The lowest BCUT2D eigenvalue weighted by Crippen LogP contribution is -2.40. The van der Waals surface area contributed by atoms with Crippen LogP contribution in [0, 0.1) is 6.92 Å². The Hall–Kier alpha value is -2.18. The molecule has 0 saturated heterocycles. The van der Waals surface area contributed by atoms with Crippen molar-refractivity contribution in [3.8, 4) is 0 Å². The van der Waals surface area contributed by atoms with E-state index in [0.29, 0.717) is 18.7 Å². The fourth-order valence-electron chi connectivity index (χ4n) is 3.02. The van der Waals surface area contributed by atoms with E-state index in [0.717, 1.165) is 17.5 Å². The van der Waals surface area contributed by atoms with Gasteiger partial charge < -0.3 is 5.32 Å². The van der Waals surface area contributed by atoms with Gasteiger partial charge in [-0.1, -0.05) is 42.0 Å². The quantitative estimate of drug-likeness (QED) is 0.890. The van der Waals surface area contributed by atoms with E-state index in [9.17, 15) is 13.2 Å². The van der Waals surface area contributed by atoms with Gasteiger partial charge in [0.25, 0.3) is 5.91 Å². The van der Waals surface area contributed by atoms with Gasteiger partial charge in [0.05, 0.1) is 5.75 Å². The Morgan fingerprint density at radius 2 is 1.88 bits per heavy atom. The topological polar surface area (TPSA) is 66.5 Å². The van der Waals surface area contributed by atoms with Gasteiger partial charge in [0.1, 0.15) is 0 Å². The molecular formula is C19H22N2O3S. The van der Waals surface area contributed by atoms with Crippen LogP contribution in [0.25, 0.3) is 0 Å². The number of aryl methyl sites for hydroxylation is 1. The van der Waals surface area contributed by atoms with Crippen LogP contribution in [0.2, 0.25) is 0 Å². The summed E-state index contributed by atoms with van der Waals surface area (Å²) in [6.45, 7) is 2.91. The van der Waals surface area contributed by atoms with Crippen molar-refractivity contribution in [3.05, 3.63) is 70.8 Å². The first-order valence-corrected chi connectivity index (χ1v) is 9.96. The summed E-state index contributed by atoms with van der Waals surface area (Å²) >= 11 is 0. The molecule has 0 aromatic heterocycles. The molecule has 0 saturated carbocycles. The van der Waals surface area contributed by atoms with Crippen molar-refractivity contribution in [2.24, 2.45) is 0 Å². The molecule has 2 aromatic carbocycles. The highest BCUT2D eigenvalue weighted by Crippen LogP contribution is 2.20. The molecule has 1 N–H and O–H groups in total. The fraction of sp³-hybridized carbons (Fsp3) is 0.316. The molecule has 0 spiro atoms. The SMILES string of the molecule is Cc1cccc(C(=O)NCCS(=O)(=O)N2CCc3ccccc3C2)c1. The van der Waals surface area contributed by atoms with Crippen LogP contribution in [-0.4, -0.2) is 37.5 Å². The predicted molar refractivity (Wildman–Crippen MR) is 97.9 cm³/mol. The molecule has 0 atom stereocenters. The maximum absolute atomic E-state index is 12.5. The Morgan fingerprint density at radius 3 is 2.64 bits per heavy atom. The van der Waals surface area contributed by atoms with Gasteiger partial charge in [0, 0.05) is 25.2 Å². The molecule has 2 aromatic rings. The number of benzene rings is 2. The van der Waals surface area contributed by atoms with Crippen molar-refractivity contribution in [1.29, 1.82) is 0 Å². The maximum Gasteiger partial charge on any atom is 0.251 e. The molecule has 3 rings (SSSR count). The maximum atomic E-state index is 12.5. The standard InChI is InChI=1S/C19H22N2O3S/c1-15-5-4-8-17(13-15)19(22)20-10-12-25(23,24)21-11-9-16-6-2-3-7-18(16)14-21/h2-8,13H,9-12,14H2,1H3,(H,20,22). The highest BCUT2D eigenvalue weighted by molar-refractivity contribution is 7.89. The van der Waals surface area contributed by atoms with Gasteiger partial charge in [-0.15, -0.1) is 0 Å². The molecule has 0 bridgehead atoms. The molecular weight excluding hydrogens is 336 g/mol. The minimum atomic E-state index is -3.39. The molecule has 0 radical (unpaired) electrons. The fourth-order valence-corrected chi connectivity index (χ4v) is 4.34. The number of carbonyl (C=O) groups is 1. The van der Waals surface area contributed by atoms with Gasteiger partial charge in [-0.3, -0.25) is 4.79 Å². The summed E-state index contributed by atoms with van der Waals surface area (Å²) in [4.78, 5) is 12.1. The van der Waals surface area contributed by atoms with Gasteiger partial charge in [-0.05, 0) is 36.6 Å². The lowest BCUT2D eigenvalue weighted by Gasteiger charge is -2.28. The monoisotopic (exact) mass is 358 g/mol. The van der Waals surface area contributed by atoms with E-state index in [1.54, 1.807) is 12.1 Å². The van der Waals surface area contributed by atoms with Crippen molar-refractivity contribution >= 4 is 15.9 Å². The third-order valence-corrected chi connectivity index (χ3v) is 6.23. The van der Waals surface area contributed by atoms with E-state index < -0.39 is 10.0 Å². The molecule has 0 unspecified atom stereocenters. The molecule has 1 heterocycles. The third kappa shape index (κ3) is 4.27. The highest BCUT2D eigenvalue weighted by Gasteiger charge is 2.26. The van der Waals surface area contributed by atoms with Crippen molar-refractivity contribution in [3.63, 3.8) is 0 Å².